The Morgan fingerprint density at radius 2 is 2.25 bits per heavy atom. The van der Waals surface area contributed by atoms with E-state index in [4.69, 9.17) is 23.8 Å². The number of imidazole rings is 1. The Labute approximate surface area is 129 Å². The van der Waals surface area contributed by atoms with Gasteiger partial charge in [-0.15, -0.1) is 11.3 Å². The van der Waals surface area contributed by atoms with E-state index in [1.165, 1.54) is 6.07 Å². The van der Waals surface area contributed by atoms with E-state index in [-0.39, 0.29) is 11.1 Å². The minimum Gasteiger partial charge on any atom is -0.330 e. The number of fused-ring (bicyclic) bond motifs is 1. The number of nitrogens with one attached hydrogen (secondary N) is 1. The molecule has 0 aliphatic heterocycles. The molecule has 2 aromatic heterocycles. The van der Waals surface area contributed by atoms with Gasteiger partial charge in [-0.1, -0.05) is 11.6 Å². The van der Waals surface area contributed by atoms with Crippen LogP contribution in [0.2, 0.25) is 5.02 Å². The monoisotopic (exact) mass is 327 g/mol. The molecule has 0 aliphatic carbocycles. The molecule has 0 aliphatic rings. The quantitative estimate of drug-likeness (QED) is 0.681. The van der Waals surface area contributed by atoms with Gasteiger partial charge in [-0.2, -0.15) is 0 Å². The van der Waals surface area contributed by atoms with E-state index in [1.807, 2.05) is 23.8 Å². The first-order valence-corrected chi connectivity index (χ1v) is 7.65. The predicted molar refractivity (Wildman–Crippen MR) is 82.8 cm³/mol. The van der Waals surface area contributed by atoms with Gasteiger partial charge in [0, 0.05) is 17.1 Å². The number of aryl methyl sites for hydroxylation is 1. The lowest BCUT2D eigenvalue weighted by Gasteiger charge is -2.12. The maximum atomic E-state index is 13.5. The molecule has 1 unspecified atom stereocenters. The normalized spacial score (nSPS) is 13.0. The zero-order chi connectivity index (χ0) is 14.4. The number of H-pyrrole nitrogens is 1. The molecule has 0 saturated heterocycles. The lowest BCUT2D eigenvalue weighted by atomic mass is 10.2. The lowest BCUT2D eigenvalue weighted by molar-refractivity contribution is 0.628. The molecule has 3 nitrogen and oxygen atoms in total. The maximum absolute atomic E-state index is 13.5. The first-order valence-electron chi connectivity index (χ1n) is 5.98. The van der Waals surface area contributed by atoms with Gasteiger partial charge in [0.25, 0.3) is 0 Å². The van der Waals surface area contributed by atoms with Crippen LogP contribution in [0.3, 0.4) is 0 Å². The molecule has 0 spiro atoms. The van der Waals surface area contributed by atoms with Crippen molar-refractivity contribution in [3.8, 4) is 0 Å². The molecule has 20 heavy (non-hydrogen) atoms. The topological polar surface area (TPSA) is 33.6 Å². The third-order valence-electron chi connectivity index (χ3n) is 3.14. The summed E-state index contributed by atoms with van der Waals surface area (Å²) >= 11 is 12.8. The van der Waals surface area contributed by atoms with Crippen molar-refractivity contribution in [1.29, 1.82) is 0 Å². The van der Waals surface area contributed by atoms with Crippen LogP contribution in [0.15, 0.2) is 17.5 Å². The average Bonchev–Trinajstić information content (AvgIpc) is 2.93. The lowest BCUT2D eigenvalue weighted by Crippen LogP contribution is -2.06. The predicted octanol–water partition coefficient (Wildman–Crippen LogP) is 4.87. The molecule has 0 bridgehead atoms. The zero-order valence-corrected chi connectivity index (χ0v) is 13.2. The van der Waals surface area contributed by atoms with Gasteiger partial charge < -0.3 is 9.55 Å². The Hall–Kier alpha value is -1.24. The van der Waals surface area contributed by atoms with Crippen LogP contribution in [-0.2, 0) is 0 Å². The van der Waals surface area contributed by atoms with Crippen LogP contribution in [0.5, 0.6) is 0 Å². The van der Waals surface area contributed by atoms with E-state index in [0.29, 0.717) is 10.3 Å². The van der Waals surface area contributed by atoms with Crippen molar-refractivity contribution in [3.05, 3.63) is 43.8 Å². The minimum atomic E-state index is -0.458. The van der Waals surface area contributed by atoms with Crippen LogP contribution >= 0.6 is 35.2 Å². The molecule has 3 rings (SSSR count). The molecule has 3 aromatic rings. The van der Waals surface area contributed by atoms with E-state index >= 15 is 0 Å². The Morgan fingerprint density at radius 1 is 1.50 bits per heavy atom. The van der Waals surface area contributed by atoms with Crippen molar-refractivity contribution in [2.45, 2.75) is 19.9 Å². The van der Waals surface area contributed by atoms with Gasteiger partial charge in [0.15, 0.2) is 4.77 Å². The second-order valence-electron chi connectivity index (χ2n) is 4.59. The third-order valence-corrected chi connectivity index (χ3v) is 4.86. The van der Waals surface area contributed by atoms with Crippen molar-refractivity contribution in [2.75, 3.05) is 0 Å². The number of aromatic nitrogens is 3. The number of rotatable bonds is 2. The summed E-state index contributed by atoms with van der Waals surface area (Å²) in [4.78, 5) is 7.49. The van der Waals surface area contributed by atoms with E-state index in [2.05, 4.69) is 9.97 Å². The van der Waals surface area contributed by atoms with Crippen LogP contribution in [0.25, 0.3) is 11.0 Å². The summed E-state index contributed by atoms with van der Waals surface area (Å²) in [7, 11) is 0. The molecule has 1 N–H and O–H groups in total. The SMILES string of the molecule is Cc1csc(C(C)n2c(=S)[nH]c3cc(F)c(Cl)cc32)n1. The standard InChI is InChI=1S/C13H11ClFN3S2/c1-6-5-20-12(16-6)7(2)18-11-3-8(14)9(15)4-10(11)17-13(18)19/h3-5,7H,1-2H3,(H,17,19). The molecule has 0 amide bonds. The molecule has 0 saturated carbocycles. The molecule has 1 aromatic carbocycles. The molecular formula is C13H11ClFN3S2. The van der Waals surface area contributed by atoms with Gasteiger partial charge in [0.1, 0.15) is 10.8 Å². The van der Waals surface area contributed by atoms with E-state index in [0.717, 1.165) is 16.2 Å². The number of benzene rings is 1. The summed E-state index contributed by atoms with van der Waals surface area (Å²) in [5.41, 5.74) is 2.39. The van der Waals surface area contributed by atoms with Crippen LogP contribution in [0.1, 0.15) is 23.7 Å². The van der Waals surface area contributed by atoms with Gasteiger partial charge in [0.2, 0.25) is 0 Å². The fourth-order valence-electron chi connectivity index (χ4n) is 2.18. The fraction of sp³-hybridized carbons (Fsp3) is 0.231. The highest BCUT2D eigenvalue weighted by molar-refractivity contribution is 7.71. The molecule has 104 valence electrons. The summed E-state index contributed by atoms with van der Waals surface area (Å²) in [6.45, 7) is 3.96. The number of halogens is 2. The summed E-state index contributed by atoms with van der Waals surface area (Å²) in [5, 5.41) is 3.04. The molecule has 1 atom stereocenters. The van der Waals surface area contributed by atoms with Crippen molar-refractivity contribution in [3.63, 3.8) is 0 Å². The third kappa shape index (κ3) is 2.17. The van der Waals surface area contributed by atoms with Crippen LogP contribution in [-0.4, -0.2) is 14.5 Å². The summed E-state index contributed by atoms with van der Waals surface area (Å²) in [5.74, 6) is -0.458. The van der Waals surface area contributed by atoms with Crippen molar-refractivity contribution < 1.29 is 4.39 Å². The highest BCUT2D eigenvalue weighted by Gasteiger charge is 2.17. The maximum Gasteiger partial charge on any atom is 0.178 e. The fourth-order valence-corrected chi connectivity index (χ4v) is 3.55. The van der Waals surface area contributed by atoms with Gasteiger partial charge in [0.05, 0.1) is 22.1 Å². The summed E-state index contributed by atoms with van der Waals surface area (Å²) in [6.07, 6.45) is 0. The number of hydrogen-bond donors (Lipinski definition) is 1. The second-order valence-corrected chi connectivity index (χ2v) is 6.27. The van der Waals surface area contributed by atoms with E-state index in [1.54, 1.807) is 17.4 Å². The Balaban J connectivity index is 2.23. The van der Waals surface area contributed by atoms with Gasteiger partial charge in [-0.25, -0.2) is 9.37 Å². The van der Waals surface area contributed by atoms with Gasteiger partial charge in [-0.05, 0) is 32.1 Å². The van der Waals surface area contributed by atoms with Gasteiger partial charge in [-0.3, -0.25) is 0 Å². The molecule has 2 heterocycles. The molecule has 0 fully saturated rings. The average molecular weight is 328 g/mol. The van der Waals surface area contributed by atoms with Crippen molar-refractivity contribution in [1.82, 2.24) is 14.5 Å². The van der Waals surface area contributed by atoms with Gasteiger partial charge >= 0.3 is 0 Å². The minimum absolute atomic E-state index is 0.0310. The number of hydrogen-bond acceptors (Lipinski definition) is 3. The Morgan fingerprint density at radius 3 is 2.90 bits per heavy atom. The van der Waals surface area contributed by atoms with E-state index in [9.17, 15) is 4.39 Å². The van der Waals surface area contributed by atoms with Crippen LogP contribution in [0, 0.1) is 17.5 Å². The first kappa shape index (κ1) is 13.7. The highest BCUT2D eigenvalue weighted by atomic mass is 35.5. The molecule has 0 radical (unpaired) electrons. The van der Waals surface area contributed by atoms with Crippen molar-refractivity contribution >= 4 is 46.2 Å². The number of nitrogens with zero attached hydrogens (tertiary/aromatic N) is 2. The zero-order valence-electron chi connectivity index (χ0n) is 10.8. The highest BCUT2D eigenvalue weighted by Crippen LogP contribution is 2.29. The number of thiazole rings is 1. The van der Waals surface area contributed by atoms with Crippen molar-refractivity contribution in [2.24, 2.45) is 0 Å². The first-order chi connectivity index (χ1) is 9.47. The summed E-state index contributed by atoms with van der Waals surface area (Å²) in [6, 6.07) is 2.93. The van der Waals surface area contributed by atoms with E-state index < -0.39 is 5.82 Å². The van der Waals surface area contributed by atoms with Crippen LogP contribution < -0.4 is 0 Å². The smallest absolute Gasteiger partial charge is 0.178 e. The Bertz CT molecular complexity index is 849. The molecule has 7 heteroatoms. The second kappa shape index (κ2) is 4.95. The summed E-state index contributed by atoms with van der Waals surface area (Å²) < 4.78 is 16.0. The Kier molecular flexibility index (Phi) is 3.40. The largest absolute Gasteiger partial charge is 0.330 e. The molecular weight excluding hydrogens is 317 g/mol. The number of aromatic amines is 1. The van der Waals surface area contributed by atoms with Crippen LogP contribution in [0.4, 0.5) is 4.39 Å².